The van der Waals surface area contributed by atoms with Crippen molar-refractivity contribution >= 4 is 33.2 Å². The van der Waals surface area contributed by atoms with Crippen molar-refractivity contribution in [2.75, 3.05) is 36.0 Å². The summed E-state index contributed by atoms with van der Waals surface area (Å²) in [5.41, 5.74) is 1.65. The maximum atomic E-state index is 8.90. The van der Waals surface area contributed by atoms with Gasteiger partial charge < -0.3 is 9.80 Å². The molecular weight excluding hydrogens is 332 g/mol. The topological polar surface area (TPSA) is 68.9 Å². The lowest BCUT2D eigenvalue weighted by Crippen LogP contribution is -2.29. The Morgan fingerprint density at radius 3 is 2.52 bits per heavy atom. The van der Waals surface area contributed by atoms with Crippen LogP contribution in [0.25, 0.3) is 10.2 Å². The van der Waals surface area contributed by atoms with Gasteiger partial charge >= 0.3 is 0 Å². The van der Waals surface area contributed by atoms with Crippen molar-refractivity contribution in [2.24, 2.45) is 11.8 Å². The van der Waals surface area contributed by atoms with E-state index in [1.165, 1.54) is 4.70 Å². The summed E-state index contributed by atoms with van der Waals surface area (Å²) in [7, 11) is 0. The van der Waals surface area contributed by atoms with Gasteiger partial charge in [0.15, 0.2) is 0 Å². The molecule has 2 aliphatic rings. The molecule has 0 amide bonds. The Kier molecular flexibility index (Phi) is 3.31. The standard InChI is InChI=1S/C18H16N6S/c19-5-12-1-2-16(20-6-12)23-7-13-9-24(10-14(13)8-23)18-17-15(3-4-25-17)21-11-22-18/h1-4,6,11,13-14H,7-10H2. The van der Waals surface area contributed by atoms with Crippen LogP contribution in [0.15, 0.2) is 36.1 Å². The van der Waals surface area contributed by atoms with Gasteiger partial charge in [-0.2, -0.15) is 5.26 Å². The first kappa shape index (κ1) is 14.6. The van der Waals surface area contributed by atoms with Crippen LogP contribution in [0, 0.1) is 23.2 Å². The molecule has 0 radical (unpaired) electrons. The maximum Gasteiger partial charge on any atom is 0.150 e. The zero-order valence-corrected chi connectivity index (χ0v) is 14.4. The molecule has 3 aromatic rings. The number of hydrogen-bond donors (Lipinski definition) is 0. The summed E-state index contributed by atoms with van der Waals surface area (Å²) in [6, 6.07) is 7.98. The highest BCUT2D eigenvalue weighted by Crippen LogP contribution is 2.37. The predicted molar refractivity (Wildman–Crippen MR) is 97.8 cm³/mol. The molecule has 0 N–H and O–H groups in total. The van der Waals surface area contributed by atoms with Gasteiger partial charge in [0.25, 0.3) is 0 Å². The molecule has 0 saturated carbocycles. The highest BCUT2D eigenvalue weighted by Gasteiger charge is 2.41. The smallest absolute Gasteiger partial charge is 0.150 e. The van der Waals surface area contributed by atoms with E-state index >= 15 is 0 Å². The van der Waals surface area contributed by atoms with Gasteiger partial charge in [-0.25, -0.2) is 15.0 Å². The van der Waals surface area contributed by atoms with E-state index in [0.717, 1.165) is 43.3 Å². The third-order valence-corrected chi connectivity index (χ3v) is 6.11. The molecule has 6 nitrogen and oxygen atoms in total. The zero-order chi connectivity index (χ0) is 16.8. The monoisotopic (exact) mass is 348 g/mol. The van der Waals surface area contributed by atoms with Gasteiger partial charge in [-0.1, -0.05) is 0 Å². The van der Waals surface area contributed by atoms with Crippen molar-refractivity contribution in [3.63, 3.8) is 0 Å². The number of nitriles is 1. The zero-order valence-electron chi connectivity index (χ0n) is 13.5. The number of pyridine rings is 1. The summed E-state index contributed by atoms with van der Waals surface area (Å²) in [5, 5.41) is 11.0. The molecule has 5 heterocycles. The van der Waals surface area contributed by atoms with Crippen LogP contribution in [0.5, 0.6) is 0 Å². The third kappa shape index (κ3) is 2.41. The summed E-state index contributed by atoms with van der Waals surface area (Å²) >= 11 is 1.72. The molecule has 25 heavy (non-hydrogen) atoms. The van der Waals surface area contributed by atoms with Gasteiger partial charge in [0.1, 0.15) is 24.0 Å². The lowest BCUT2D eigenvalue weighted by molar-refractivity contribution is 0.533. The van der Waals surface area contributed by atoms with Crippen molar-refractivity contribution in [3.05, 3.63) is 41.7 Å². The second-order valence-electron chi connectivity index (χ2n) is 6.68. The van der Waals surface area contributed by atoms with Gasteiger partial charge in [-0.05, 0) is 23.6 Å². The molecule has 0 aromatic carbocycles. The quantitative estimate of drug-likeness (QED) is 0.709. The Bertz CT molecular complexity index is 946. The van der Waals surface area contributed by atoms with E-state index in [1.807, 2.05) is 12.1 Å². The summed E-state index contributed by atoms with van der Waals surface area (Å²) in [6.07, 6.45) is 3.33. The molecule has 0 aliphatic carbocycles. The van der Waals surface area contributed by atoms with Gasteiger partial charge in [0.2, 0.25) is 0 Å². The van der Waals surface area contributed by atoms with E-state index in [-0.39, 0.29) is 0 Å². The van der Waals surface area contributed by atoms with Gasteiger partial charge in [-0.15, -0.1) is 11.3 Å². The van der Waals surface area contributed by atoms with Crippen LogP contribution in [0.1, 0.15) is 5.56 Å². The van der Waals surface area contributed by atoms with Crippen LogP contribution in [0.4, 0.5) is 11.6 Å². The predicted octanol–water partition coefficient (Wildman–Crippen LogP) is 2.53. The minimum absolute atomic E-state index is 0.609. The van der Waals surface area contributed by atoms with Crippen molar-refractivity contribution in [1.29, 1.82) is 5.26 Å². The Morgan fingerprint density at radius 1 is 1.00 bits per heavy atom. The molecule has 2 fully saturated rings. The van der Waals surface area contributed by atoms with E-state index < -0.39 is 0 Å². The van der Waals surface area contributed by atoms with Crippen molar-refractivity contribution < 1.29 is 0 Å². The molecule has 124 valence electrons. The molecule has 0 bridgehead atoms. The number of thiophene rings is 1. The molecule has 2 unspecified atom stereocenters. The fourth-order valence-corrected chi connectivity index (χ4v) is 4.86. The Labute approximate surface area is 149 Å². The van der Waals surface area contributed by atoms with Crippen LogP contribution in [0.2, 0.25) is 0 Å². The highest BCUT2D eigenvalue weighted by atomic mass is 32.1. The first-order chi connectivity index (χ1) is 12.3. The lowest BCUT2D eigenvalue weighted by Gasteiger charge is -2.23. The number of hydrogen-bond acceptors (Lipinski definition) is 7. The third-order valence-electron chi connectivity index (χ3n) is 5.21. The van der Waals surface area contributed by atoms with Crippen molar-refractivity contribution in [2.45, 2.75) is 0 Å². The minimum atomic E-state index is 0.609. The summed E-state index contributed by atoms with van der Waals surface area (Å²) in [5.74, 6) is 3.31. The first-order valence-corrected chi connectivity index (χ1v) is 9.24. The number of aromatic nitrogens is 3. The molecule has 2 saturated heterocycles. The SMILES string of the molecule is N#Cc1ccc(N2CC3CN(c4ncnc5ccsc45)CC3C2)nc1. The average molecular weight is 348 g/mol. The van der Waals surface area contributed by atoms with E-state index in [1.54, 1.807) is 23.9 Å². The number of rotatable bonds is 2. The van der Waals surface area contributed by atoms with Gasteiger partial charge in [-0.3, -0.25) is 0 Å². The van der Waals surface area contributed by atoms with Crippen molar-refractivity contribution in [1.82, 2.24) is 15.0 Å². The number of anilines is 2. The molecule has 5 rings (SSSR count). The minimum Gasteiger partial charge on any atom is -0.356 e. The fraction of sp³-hybridized carbons (Fsp3) is 0.333. The Morgan fingerprint density at radius 2 is 1.80 bits per heavy atom. The normalized spacial score (nSPS) is 22.4. The fourth-order valence-electron chi connectivity index (χ4n) is 3.99. The van der Waals surface area contributed by atoms with Crippen LogP contribution in [0.3, 0.4) is 0 Å². The summed E-state index contributed by atoms with van der Waals surface area (Å²) in [6.45, 7) is 4.08. The maximum absolute atomic E-state index is 8.90. The highest BCUT2D eigenvalue weighted by molar-refractivity contribution is 7.17. The molecule has 7 heteroatoms. The average Bonchev–Trinajstić information content (AvgIpc) is 3.35. The van der Waals surface area contributed by atoms with E-state index in [4.69, 9.17) is 5.26 Å². The van der Waals surface area contributed by atoms with Gasteiger partial charge in [0.05, 0.1) is 15.8 Å². The molecule has 2 aliphatic heterocycles. The Hall–Kier alpha value is -2.72. The van der Waals surface area contributed by atoms with Crippen LogP contribution in [-0.4, -0.2) is 41.1 Å². The molecule has 2 atom stereocenters. The number of nitrogens with zero attached hydrogens (tertiary/aromatic N) is 6. The van der Waals surface area contributed by atoms with Crippen molar-refractivity contribution in [3.8, 4) is 6.07 Å². The second-order valence-corrected chi connectivity index (χ2v) is 7.60. The molecule has 3 aromatic heterocycles. The van der Waals surface area contributed by atoms with Crippen LogP contribution in [-0.2, 0) is 0 Å². The first-order valence-electron chi connectivity index (χ1n) is 8.36. The Balaban J connectivity index is 1.33. The van der Waals surface area contributed by atoms with E-state index in [0.29, 0.717) is 17.4 Å². The summed E-state index contributed by atoms with van der Waals surface area (Å²) in [4.78, 5) is 18.1. The lowest BCUT2D eigenvalue weighted by atomic mass is 10.0. The van der Waals surface area contributed by atoms with E-state index in [2.05, 4.69) is 42.3 Å². The number of fused-ring (bicyclic) bond motifs is 2. The molecular formula is C18H16N6S. The second kappa shape index (κ2) is 5.67. The molecule has 0 spiro atoms. The summed E-state index contributed by atoms with van der Waals surface area (Å²) < 4.78 is 1.19. The van der Waals surface area contributed by atoms with Crippen LogP contribution >= 0.6 is 11.3 Å². The largest absolute Gasteiger partial charge is 0.356 e. The van der Waals surface area contributed by atoms with E-state index in [9.17, 15) is 0 Å². The van der Waals surface area contributed by atoms with Crippen LogP contribution < -0.4 is 9.80 Å². The van der Waals surface area contributed by atoms with Gasteiger partial charge in [0, 0.05) is 44.2 Å².